The molecule has 1 atom stereocenters. The van der Waals surface area contributed by atoms with E-state index < -0.39 is 18.0 Å². The second-order valence-electron chi connectivity index (χ2n) is 8.11. The number of carbonyl (C=O) groups is 1. The maximum atomic E-state index is 13.0. The molecule has 1 aliphatic heterocycles. The summed E-state index contributed by atoms with van der Waals surface area (Å²) < 4.78 is 14.6. The van der Waals surface area contributed by atoms with E-state index in [-0.39, 0.29) is 17.8 Å². The number of nitrogens with one attached hydrogen (secondary N) is 1. The Morgan fingerprint density at radius 1 is 1.30 bits per heavy atom. The SMILES string of the molecule is CC(C)(C)c1cc2n(n1)-c1nc(N)ccc1C(O)N2CC(=O)Nc1ccc(F)cn1. The van der Waals surface area contributed by atoms with Crippen molar-refractivity contribution in [2.24, 2.45) is 0 Å². The summed E-state index contributed by atoms with van der Waals surface area (Å²) in [5.41, 5.74) is 6.83. The smallest absolute Gasteiger partial charge is 0.245 e. The number of rotatable bonds is 3. The summed E-state index contributed by atoms with van der Waals surface area (Å²) in [6.45, 7) is 5.87. The van der Waals surface area contributed by atoms with Gasteiger partial charge >= 0.3 is 0 Å². The lowest BCUT2D eigenvalue weighted by Gasteiger charge is -2.34. The van der Waals surface area contributed by atoms with Gasteiger partial charge in [-0.15, -0.1) is 0 Å². The molecule has 3 aromatic rings. The number of anilines is 3. The van der Waals surface area contributed by atoms with Crippen molar-refractivity contribution in [3.05, 3.63) is 53.6 Å². The van der Waals surface area contributed by atoms with Gasteiger partial charge in [0.15, 0.2) is 12.0 Å². The quantitative estimate of drug-likeness (QED) is 0.603. The number of pyridine rings is 2. The van der Waals surface area contributed by atoms with Gasteiger partial charge in [-0.25, -0.2) is 14.4 Å². The first-order chi connectivity index (χ1) is 14.1. The molecule has 0 radical (unpaired) electrons. The van der Waals surface area contributed by atoms with E-state index in [1.807, 2.05) is 26.8 Å². The van der Waals surface area contributed by atoms with Crippen LogP contribution in [0, 0.1) is 5.82 Å². The van der Waals surface area contributed by atoms with Crippen LogP contribution >= 0.6 is 0 Å². The highest BCUT2D eigenvalue weighted by Crippen LogP contribution is 2.38. The van der Waals surface area contributed by atoms with Crippen LogP contribution in [0.3, 0.4) is 0 Å². The molecule has 4 heterocycles. The van der Waals surface area contributed by atoms with E-state index >= 15 is 0 Å². The number of halogens is 1. The van der Waals surface area contributed by atoms with Gasteiger partial charge in [0, 0.05) is 17.0 Å². The number of nitrogen functional groups attached to an aromatic ring is 1. The minimum atomic E-state index is -1.13. The van der Waals surface area contributed by atoms with Crippen LogP contribution in [0.5, 0.6) is 0 Å². The summed E-state index contributed by atoms with van der Waals surface area (Å²) in [4.78, 5) is 22.3. The summed E-state index contributed by atoms with van der Waals surface area (Å²) in [6.07, 6.45) is -0.112. The van der Waals surface area contributed by atoms with Gasteiger partial charge in [-0.2, -0.15) is 9.78 Å². The second kappa shape index (κ2) is 7.06. The Balaban J connectivity index is 1.70. The second-order valence-corrected chi connectivity index (χ2v) is 8.11. The van der Waals surface area contributed by atoms with Crippen LogP contribution in [0.2, 0.25) is 0 Å². The highest BCUT2D eigenvalue weighted by molar-refractivity contribution is 5.93. The highest BCUT2D eigenvalue weighted by Gasteiger charge is 2.35. The zero-order valence-electron chi connectivity index (χ0n) is 16.8. The van der Waals surface area contributed by atoms with Gasteiger partial charge in [-0.05, 0) is 24.3 Å². The van der Waals surface area contributed by atoms with Gasteiger partial charge in [0.1, 0.15) is 29.8 Å². The molecule has 4 N–H and O–H groups in total. The standard InChI is InChI=1S/C20H22FN7O2/c1-20(2,3)13-8-17-27(10-16(29)25-15-7-4-11(21)9-23-15)19(30)12-5-6-14(22)24-18(12)28(17)26-13/h4-9,19,30H,10H2,1-3H3,(H2,22,24)(H,23,25,29). The first kappa shape index (κ1) is 19.8. The maximum Gasteiger partial charge on any atom is 0.245 e. The highest BCUT2D eigenvalue weighted by atomic mass is 19.1. The van der Waals surface area contributed by atoms with E-state index in [0.29, 0.717) is 23.0 Å². The Labute approximate surface area is 172 Å². The molecule has 10 heteroatoms. The first-order valence-corrected chi connectivity index (χ1v) is 9.37. The number of aliphatic hydroxyl groups excluding tert-OH is 1. The van der Waals surface area contributed by atoms with Crippen LogP contribution in [-0.4, -0.2) is 37.3 Å². The number of hydrogen-bond donors (Lipinski definition) is 3. The molecule has 1 unspecified atom stereocenters. The molecule has 0 aromatic carbocycles. The molecular formula is C20H22FN7O2. The molecule has 4 rings (SSSR count). The van der Waals surface area contributed by atoms with Crippen LogP contribution in [-0.2, 0) is 10.2 Å². The normalized spacial score (nSPS) is 15.5. The van der Waals surface area contributed by atoms with Gasteiger partial charge < -0.3 is 21.1 Å². The largest absolute Gasteiger partial charge is 0.384 e. The van der Waals surface area contributed by atoms with Crippen LogP contribution in [0.25, 0.3) is 5.82 Å². The third kappa shape index (κ3) is 3.57. The molecule has 3 aromatic heterocycles. The van der Waals surface area contributed by atoms with Crippen molar-refractivity contribution in [2.75, 3.05) is 22.5 Å². The van der Waals surface area contributed by atoms with Crippen molar-refractivity contribution in [2.45, 2.75) is 32.4 Å². The monoisotopic (exact) mass is 411 g/mol. The van der Waals surface area contributed by atoms with Gasteiger partial charge in [0.2, 0.25) is 5.91 Å². The number of nitrogens with zero attached hydrogens (tertiary/aromatic N) is 5. The molecule has 0 saturated heterocycles. The summed E-state index contributed by atoms with van der Waals surface area (Å²) in [6, 6.07) is 7.64. The van der Waals surface area contributed by atoms with Crippen LogP contribution in [0.4, 0.5) is 21.8 Å². The predicted molar refractivity (Wildman–Crippen MR) is 110 cm³/mol. The van der Waals surface area contributed by atoms with Crippen molar-refractivity contribution in [3.8, 4) is 5.82 Å². The van der Waals surface area contributed by atoms with Crippen molar-refractivity contribution in [1.29, 1.82) is 0 Å². The third-order valence-electron chi connectivity index (χ3n) is 4.76. The van der Waals surface area contributed by atoms with E-state index in [4.69, 9.17) is 5.73 Å². The molecule has 1 aliphatic rings. The van der Waals surface area contributed by atoms with Crippen molar-refractivity contribution < 1.29 is 14.3 Å². The average molecular weight is 411 g/mol. The number of nitrogens with two attached hydrogens (primary N) is 1. The fraction of sp³-hybridized carbons (Fsp3) is 0.300. The molecule has 0 bridgehead atoms. The number of aromatic nitrogens is 4. The van der Waals surface area contributed by atoms with Gasteiger partial charge in [-0.3, -0.25) is 4.79 Å². The molecule has 0 spiro atoms. The van der Waals surface area contributed by atoms with E-state index in [9.17, 15) is 14.3 Å². The van der Waals surface area contributed by atoms with Gasteiger partial charge in [-0.1, -0.05) is 20.8 Å². The number of amides is 1. The summed E-state index contributed by atoms with van der Waals surface area (Å²) in [5, 5.41) is 18.2. The van der Waals surface area contributed by atoms with E-state index in [0.717, 1.165) is 11.9 Å². The summed E-state index contributed by atoms with van der Waals surface area (Å²) in [7, 11) is 0. The predicted octanol–water partition coefficient (Wildman–Crippen LogP) is 2.13. The van der Waals surface area contributed by atoms with Crippen molar-refractivity contribution in [3.63, 3.8) is 0 Å². The fourth-order valence-electron chi connectivity index (χ4n) is 3.19. The Kier molecular flexibility index (Phi) is 4.65. The maximum absolute atomic E-state index is 13.0. The third-order valence-corrected chi connectivity index (χ3v) is 4.76. The first-order valence-electron chi connectivity index (χ1n) is 9.37. The Morgan fingerprint density at radius 2 is 2.07 bits per heavy atom. The van der Waals surface area contributed by atoms with Gasteiger partial charge in [0.25, 0.3) is 0 Å². The molecule has 156 valence electrons. The summed E-state index contributed by atoms with van der Waals surface area (Å²) >= 11 is 0. The van der Waals surface area contributed by atoms with Crippen LogP contribution in [0.1, 0.15) is 38.3 Å². The van der Waals surface area contributed by atoms with E-state index in [1.165, 1.54) is 17.0 Å². The molecule has 0 fully saturated rings. The number of aliphatic hydroxyl groups is 1. The number of carbonyl (C=O) groups excluding carboxylic acids is 1. The minimum absolute atomic E-state index is 0.181. The molecule has 1 amide bonds. The zero-order chi connectivity index (χ0) is 21.6. The van der Waals surface area contributed by atoms with E-state index in [2.05, 4.69) is 20.4 Å². The van der Waals surface area contributed by atoms with Gasteiger partial charge in [0.05, 0.1) is 11.9 Å². The molecule has 9 nitrogen and oxygen atoms in total. The number of hydrogen-bond acceptors (Lipinski definition) is 7. The Bertz CT molecular complexity index is 1110. The molecule has 0 aliphatic carbocycles. The Morgan fingerprint density at radius 3 is 2.73 bits per heavy atom. The van der Waals surface area contributed by atoms with Crippen molar-refractivity contribution >= 4 is 23.4 Å². The lowest BCUT2D eigenvalue weighted by molar-refractivity contribution is -0.115. The van der Waals surface area contributed by atoms with Crippen LogP contribution < -0.4 is 16.0 Å². The van der Waals surface area contributed by atoms with Crippen molar-refractivity contribution in [1.82, 2.24) is 19.7 Å². The lowest BCUT2D eigenvalue weighted by Crippen LogP contribution is -2.40. The minimum Gasteiger partial charge on any atom is -0.384 e. The average Bonchev–Trinajstić information content (AvgIpc) is 3.13. The molecule has 0 saturated carbocycles. The summed E-state index contributed by atoms with van der Waals surface area (Å²) in [5.74, 6) is 0.525. The van der Waals surface area contributed by atoms with Crippen LogP contribution in [0.15, 0.2) is 36.5 Å². The zero-order valence-corrected chi connectivity index (χ0v) is 16.8. The topological polar surface area (TPSA) is 122 Å². The molecule has 30 heavy (non-hydrogen) atoms. The van der Waals surface area contributed by atoms with E-state index in [1.54, 1.807) is 16.8 Å². The Hall–Kier alpha value is -3.53. The number of fused-ring (bicyclic) bond motifs is 3. The lowest BCUT2D eigenvalue weighted by atomic mass is 9.92. The molecular weight excluding hydrogens is 389 g/mol. The fourth-order valence-corrected chi connectivity index (χ4v) is 3.19.